The number of primary amides is 1. The van der Waals surface area contributed by atoms with E-state index in [-0.39, 0.29) is 11.9 Å². The highest BCUT2D eigenvalue weighted by Crippen LogP contribution is 2.40. The van der Waals surface area contributed by atoms with Crippen LogP contribution in [0.1, 0.15) is 32.1 Å². The van der Waals surface area contributed by atoms with E-state index in [2.05, 4.69) is 5.32 Å². The molecule has 1 atom stereocenters. The molecule has 0 bridgehead atoms. The molecule has 3 nitrogen and oxygen atoms in total. The molecule has 1 heterocycles. The van der Waals surface area contributed by atoms with Crippen LogP contribution in [0.15, 0.2) is 0 Å². The molecule has 3 N–H and O–H groups in total. The molecule has 62 valence electrons. The van der Waals surface area contributed by atoms with Crippen LogP contribution in [0, 0.1) is 0 Å². The van der Waals surface area contributed by atoms with Crippen molar-refractivity contribution in [1.29, 1.82) is 0 Å². The average Bonchev–Trinajstić information content (AvgIpc) is 2.28. The summed E-state index contributed by atoms with van der Waals surface area (Å²) >= 11 is 0. The number of amides is 1. The lowest BCUT2D eigenvalue weighted by molar-refractivity contribution is -0.119. The fourth-order valence-electron chi connectivity index (χ4n) is 2.15. The Labute approximate surface area is 66.3 Å². The lowest BCUT2D eigenvalue weighted by Crippen LogP contribution is -2.51. The van der Waals surface area contributed by atoms with Gasteiger partial charge in [0, 0.05) is 5.54 Å². The maximum atomic E-state index is 10.8. The smallest absolute Gasteiger partial charge is 0.234 e. The van der Waals surface area contributed by atoms with Gasteiger partial charge in [-0.1, -0.05) is 0 Å². The maximum Gasteiger partial charge on any atom is 0.234 e. The zero-order valence-electron chi connectivity index (χ0n) is 6.60. The van der Waals surface area contributed by atoms with Gasteiger partial charge in [0.05, 0.1) is 6.04 Å². The second kappa shape index (κ2) is 2.21. The quantitative estimate of drug-likeness (QED) is 0.564. The predicted molar refractivity (Wildman–Crippen MR) is 41.9 cm³/mol. The van der Waals surface area contributed by atoms with Crippen LogP contribution in [0.2, 0.25) is 0 Å². The van der Waals surface area contributed by atoms with Gasteiger partial charge in [-0.15, -0.1) is 0 Å². The number of nitrogens with one attached hydrogen (secondary N) is 1. The van der Waals surface area contributed by atoms with Crippen molar-refractivity contribution in [3.05, 3.63) is 0 Å². The van der Waals surface area contributed by atoms with Gasteiger partial charge in [0.2, 0.25) is 5.91 Å². The summed E-state index contributed by atoms with van der Waals surface area (Å²) in [6, 6.07) is -0.0460. The van der Waals surface area contributed by atoms with Crippen LogP contribution in [-0.2, 0) is 4.79 Å². The summed E-state index contributed by atoms with van der Waals surface area (Å²) in [5, 5.41) is 3.33. The standard InChI is InChI=1S/C8H14N2O/c9-7(11)6-2-5-8(10-6)3-1-4-8/h6,10H,1-5H2,(H2,9,11). The van der Waals surface area contributed by atoms with Crippen LogP contribution in [0.25, 0.3) is 0 Å². The van der Waals surface area contributed by atoms with E-state index in [1.54, 1.807) is 0 Å². The minimum absolute atomic E-state index is 0.0460. The van der Waals surface area contributed by atoms with Crippen molar-refractivity contribution >= 4 is 5.91 Å². The highest BCUT2D eigenvalue weighted by Gasteiger charge is 2.44. The van der Waals surface area contributed by atoms with E-state index in [0.717, 1.165) is 12.8 Å². The molecule has 1 aliphatic heterocycles. The predicted octanol–water partition coefficient (Wildman–Crippen LogP) is 0.146. The second-order valence-electron chi connectivity index (χ2n) is 3.77. The maximum absolute atomic E-state index is 10.8. The fourth-order valence-corrected chi connectivity index (χ4v) is 2.15. The summed E-state index contributed by atoms with van der Waals surface area (Å²) in [7, 11) is 0. The van der Waals surface area contributed by atoms with Gasteiger partial charge in [0.25, 0.3) is 0 Å². The van der Waals surface area contributed by atoms with Gasteiger partial charge < -0.3 is 11.1 Å². The Balaban J connectivity index is 1.98. The van der Waals surface area contributed by atoms with Gasteiger partial charge in [-0.3, -0.25) is 4.79 Å². The largest absolute Gasteiger partial charge is 0.368 e. The lowest BCUT2D eigenvalue weighted by atomic mass is 9.76. The number of nitrogens with two attached hydrogens (primary N) is 1. The van der Waals surface area contributed by atoms with Gasteiger partial charge in [-0.2, -0.15) is 0 Å². The summed E-state index contributed by atoms with van der Waals surface area (Å²) in [5.41, 5.74) is 5.52. The molecule has 1 saturated heterocycles. The molecule has 0 aromatic heterocycles. The zero-order chi connectivity index (χ0) is 7.90. The third-order valence-corrected chi connectivity index (χ3v) is 3.05. The molecular weight excluding hydrogens is 140 g/mol. The van der Waals surface area contributed by atoms with Gasteiger partial charge in [-0.25, -0.2) is 0 Å². The minimum atomic E-state index is -0.186. The molecule has 2 aliphatic rings. The molecular formula is C8H14N2O. The first kappa shape index (κ1) is 7.10. The molecule has 1 aliphatic carbocycles. The first-order valence-electron chi connectivity index (χ1n) is 4.29. The van der Waals surface area contributed by atoms with Crippen LogP contribution in [0.3, 0.4) is 0 Å². The molecule has 2 rings (SSSR count). The highest BCUT2D eigenvalue weighted by atomic mass is 16.1. The van der Waals surface area contributed by atoms with Crippen LogP contribution in [-0.4, -0.2) is 17.5 Å². The van der Waals surface area contributed by atoms with E-state index in [1.807, 2.05) is 0 Å². The van der Waals surface area contributed by atoms with Crippen LogP contribution in [0.5, 0.6) is 0 Å². The molecule has 0 aromatic carbocycles. The lowest BCUT2D eigenvalue weighted by Gasteiger charge is -2.39. The molecule has 0 radical (unpaired) electrons. The minimum Gasteiger partial charge on any atom is -0.368 e. The van der Waals surface area contributed by atoms with Crippen molar-refractivity contribution < 1.29 is 4.79 Å². The van der Waals surface area contributed by atoms with Crippen molar-refractivity contribution in [2.24, 2.45) is 5.73 Å². The average molecular weight is 154 g/mol. The van der Waals surface area contributed by atoms with Gasteiger partial charge >= 0.3 is 0 Å². The number of rotatable bonds is 1. The summed E-state index contributed by atoms with van der Waals surface area (Å²) < 4.78 is 0. The van der Waals surface area contributed by atoms with Crippen molar-refractivity contribution in [1.82, 2.24) is 5.32 Å². The highest BCUT2D eigenvalue weighted by molar-refractivity contribution is 5.80. The van der Waals surface area contributed by atoms with Crippen molar-refractivity contribution in [3.8, 4) is 0 Å². The molecule has 1 spiro atoms. The number of carbonyl (C=O) groups excluding carboxylic acids is 1. The first-order valence-corrected chi connectivity index (χ1v) is 4.29. The third-order valence-electron chi connectivity index (χ3n) is 3.05. The van der Waals surface area contributed by atoms with Crippen molar-refractivity contribution in [2.45, 2.75) is 43.7 Å². The van der Waals surface area contributed by atoms with Crippen LogP contribution in [0.4, 0.5) is 0 Å². The van der Waals surface area contributed by atoms with Gasteiger partial charge in [-0.05, 0) is 32.1 Å². The van der Waals surface area contributed by atoms with Crippen LogP contribution >= 0.6 is 0 Å². The SMILES string of the molecule is NC(=O)C1CCC2(CCC2)N1. The normalized spacial score (nSPS) is 33.6. The van der Waals surface area contributed by atoms with Gasteiger partial charge in [0.1, 0.15) is 0 Å². The Morgan fingerprint density at radius 3 is 2.45 bits per heavy atom. The third kappa shape index (κ3) is 1.03. The number of hydrogen-bond acceptors (Lipinski definition) is 2. The molecule has 1 saturated carbocycles. The summed E-state index contributed by atoms with van der Waals surface area (Å²) in [6.07, 6.45) is 5.85. The van der Waals surface area contributed by atoms with E-state index < -0.39 is 0 Å². The Bertz CT molecular complexity index is 187. The van der Waals surface area contributed by atoms with Crippen molar-refractivity contribution in [2.75, 3.05) is 0 Å². The van der Waals surface area contributed by atoms with E-state index in [9.17, 15) is 4.79 Å². The Kier molecular flexibility index (Phi) is 1.42. The summed E-state index contributed by atoms with van der Waals surface area (Å²) in [5.74, 6) is -0.186. The molecule has 1 unspecified atom stereocenters. The Morgan fingerprint density at radius 1 is 1.45 bits per heavy atom. The molecule has 0 aromatic rings. The second-order valence-corrected chi connectivity index (χ2v) is 3.77. The first-order chi connectivity index (χ1) is 5.22. The van der Waals surface area contributed by atoms with E-state index in [4.69, 9.17) is 5.73 Å². The van der Waals surface area contributed by atoms with Crippen molar-refractivity contribution in [3.63, 3.8) is 0 Å². The van der Waals surface area contributed by atoms with Gasteiger partial charge in [0.15, 0.2) is 0 Å². The Hall–Kier alpha value is -0.570. The van der Waals surface area contributed by atoms with E-state index >= 15 is 0 Å². The molecule has 11 heavy (non-hydrogen) atoms. The molecule has 1 amide bonds. The molecule has 2 fully saturated rings. The summed E-state index contributed by atoms with van der Waals surface area (Å²) in [6.45, 7) is 0. The topological polar surface area (TPSA) is 55.1 Å². The summed E-state index contributed by atoms with van der Waals surface area (Å²) in [4.78, 5) is 10.8. The zero-order valence-corrected chi connectivity index (χ0v) is 6.60. The molecule has 3 heteroatoms. The fraction of sp³-hybridized carbons (Fsp3) is 0.875. The number of carbonyl (C=O) groups is 1. The monoisotopic (exact) mass is 154 g/mol. The Morgan fingerprint density at radius 2 is 2.18 bits per heavy atom. The van der Waals surface area contributed by atoms with Crippen LogP contribution < -0.4 is 11.1 Å². The number of hydrogen-bond donors (Lipinski definition) is 2. The van der Waals surface area contributed by atoms with E-state index in [0.29, 0.717) is 5.54 Å². The van der Waals surface area contributed by atoms with E-state index in [1.165, 1.54) is 19.3 Å².